The van der Waals surface area contributed by atoms with E-state index in [1.165, 1.54) is 0 Å². The van der Waals surface area contributed by atoms with Crippen LogP contribution >= 0.6 is 0 Å². The lowest BCUT2D eigenvalue weighted by Crippen LogP contribution is -2.47. The minimum Gasteiger partial charge on any atom is -0.391 e. The van der Waals surface area contributed by atoms with E-state index < -0.39 is 0 Å². The van der Waals surface area contributed by atoms with Crippen LogP contribution in [0.1, 0.15) is 37.8 Å². The van der Waals surface area contributed by atoms with Gasteiger partial charge >= 0.3 is 6.03 Å². The number of aliphatic hydroxyl groups excluding tert-OH is 1. The van der Waals surface area contributed by atoms with Crippen LogP contribution in [-0.2, 0) is 0 Å². The number of hydrogen-bond donors (Lipinski definition) is 2. The van der Waals surface area contributed by atoms with Gasteiger partial charge < -0.3 is 15.3 Å². The maximum atomic E-state index is 12.2. The van der Waals surface area contributed by atoms with E-state index in [0.29, 0.717) is 6.54 Å². The van der Waals surface area contributed by atoms with Crippen LogP contribution in [0.4, 0.5) is 4.79 Å². The number of nitrogens with one attached hydrogen (secondary N) is 1. The summed E-state index contributed by atoms with van der Waals surface area (Å²) in [6, 6.07) is 3.73. The zero-order chi connectivity index (χ0) is 13.7. The van der Waals surface area contributed by atoms with Gasteiger partial charge in [-0.2, -0.15) is 0 Å². The van der Waals surface area contributed by atoms with E-state index in [4.69, 9.17) is 0 Å². The number of pyridine rings is 1. The van der Waals surface area contributed by atoms with Crippen LogP contribution in [0.5, 0.6) is 0 Å². The molecule has 0 aliphatic carbocycles. The normalized spacial score (nSPS) is 20.9. The molecular formula is C14H21N3O2. The maximum absolute atomic E-state index is 12.2. The van der Waals surface area contributed by atoms with Gasteiger partial charge in [0.1, 0.15) is 0 Å². The number of amides is 2. The van der Waals surface area contributed by atoms with Crippen LogP contribution in [0.3, 0.4) is 0 Å². The van der Waals surface area contributed by atoms with Crippen molar-refractivity contribution in [1.82, 2.24) is 15.2 Å². The van der Waals surface area contributed by atoms with E-state index in [2.05, 4.69) is 10.3 Å². The first-order chi connectivity index (χ1) is 9.20. The quantitative estimate of drug-likeness (QED) is 0.872. The molecule has 19 heavy (non-hydrogen) atoms. The van der Waals surface area contributed by atoms with Crippen molar-refractivity contribution in [2.24, 2.45) is 0 Å². The first kappa shape index (κ1) is 13.8. The van der Waals surface area contributed by atoms with Crippen molar-refractivity contribution in [2.45, 2.75) is 38.3 Å². The molecular weight excluding hydrogens is 242 g/mol. The topological polar surface area (TPSA) is 65.5 Å². The minimum absolute atomic E-state index is 0.00503. The highest BCUT2D eigenvalue weighted by Gasteiger charge is 2.23. The van der Waals surface area contributed by atoms with Crippen LogP contribution in [-0.4, -0.2) is 40.2 Å². The van der Waals surface area contributed by atoms with Crippen molar-refractivity contribution in [3.63, 3.8) is 0 Å². The van der Waals surface area contributed by atoms with Crippen LogP contribution in [0, 0.1) is 0 Å². The Morgan fingerprint density at radius 2 is 2.32 bits per heavy atom. The van der Waals surface area contributed by atoms with Crippen LogP contribution in [0.15, 0.2) is 24.5 Å². The third-order valence-electron chi connectivity index (χ3n) is 3.50. The van der Waals surface area contributed by atoms with Crippen molar-refractivity contribution in [2.75, 3.05) is 13.1 Å². The number of carbonyl (C=O) groups is 1. The van der Waals surface area contributed by atoms with Crippen molar-refractivity contribution < 1.29 is 9.90 Å². The molecule has 2 N–H and O–H groups in total. The second-order valence-electron chi connectivity index (χ2n) is 4.93. The predicted molar refractivity (Wildman–Crippen MR) is 72.6 cm³/mol. The Kier molecular flexibility index (Phi) is 4.74. The average molecular weight is 263 g/mol. The molecule has 0 radical (unpaired) electrons. The highest BCUT2D eigenvalue weighted by Crippen LogP contribution is 2.17. The molecule has 2 heterocycles. The zero-order valence-electron chi connectivity index (χ0n) is 11.2. The van der Waals surface area contributed by atoms with Gasteiger partial charge in [-0.1, -0.05) is 6.92 Å². The first-order valence-corrected chi connectivity index (χ1v) is 6.84. The Morgan fingerprint density at radius 3 is 2.95 bits per heavy atom. The van der Waals surface area contributed by atoms with Gasteiger partial charge in [-0.05, 0) is 37.0 Å². The summed E-state index contributed by atoms with van der Waals surface area (Å²) in [6.07, 6.45) is 5.54. The molecule has 1 aliphatic heterocycles. The predicted octanol–water partition coefficient (Wildman–Crippen LogP) is 1.70. The summed E-state index contributed by atoms with van der Waals surface area (Å²) in [5, 5.41) is 12.6. The molecule has 1 aliphatic rings. The molecule has 5 heteroatoms. The van der Waals surface area contributed by atoms with Gasteiger partial charge in [0.15, 0.2) is 0 Å². The molecule has 2 atom stereocenters. The third-order valence-corrected chi connectivity index (χ3v) is 3.50. The fourth-order valence-electron chi connectivity index (χ4n) is 2.40. The smallest absolute Gasteiger partial charge is 0.317 e. The van der Waals surface area contributed by atoms with Gasteiger partial charge in [-0.3, -0.25) is 4.98 Å². The van der Waals surface area contributed by atoms with Crippen molar-refractivity contribution >= 4 is 6.03 Å². The Hall–Kier alpha value is -1.62. The van der Waals surface area contributed by atoms with Crippen LogP contribution in [0.2, 0.25) is 0 Å². The average Bonchev–Trinajstić information content (AvgIpc) is 2.45. The van der Waals surface area contributed by atoms with E-state index in [1.807, 2.05) is 19.1 Å². The van der Waals surface area contributed by atoms with Gasteiger partial charge in [-0.15, -0.1) is 0 Å². The fourth-order valence-corrected chi connectivity index (χ4v) is 2.40. The van der Waals surface area contributed by atoms with Crippen molar-refractivity contribution in [3.8, 4) is 0 Å². The van der Waals surface area contributed by atoms with E-state index in [0.717, 1.165) is 31.4 Å². The Bertz CT molecular complexity index is 410. The number of β-amino-alcohol motifs (C(OH)–C–C–N with tert-alkyl or cyclic N) is 1. The Morgan fingerprint density at radius 1 is 1.58 bits per heavy atom. The molecule has 1 aromatic heterocycles. The first-order valence-electron chi connectivity index (χ1n) is 6.84. The molecule has 1 saturated heterocycles. The largest absolute Gasteiger partial charge is 0.391 e. The number of piperidine rings is 1. The third kappa shape index (κ3) is 3.67. The van der Waals surface area contributed by atoms with E-state index >= 15 is 0 Å². The second-order valence-corrected chi connectivity index (χ2v) is 4.93. The lowest BCUT2D eigenvalue weighted by molar-refractivity contribution is 0.0832. The monoisotopic (exact) mass is 263 g/mol. The number of aromatic nitrogens is 1. The molecule has 2 unspecified atom stereocenters. The van der Waals surface area contributed by atoms with E-state index in [9.17, 15) is 9.90 Å². The number of urea groups is 1. The Balaban J connectivity index is 1.96. The highest BCUT2D eigenvalue weighted by molar-refractivity contribution is 5.74. The fraction of sp³-hybridized carbons (Fsp3) is 0.571. The molecule has 2 rings (SSSR count). The number of carbonyl (C=O) groups excluding carboxylic acids is 1. The molecule has 1 fully saturated rings. The van der Waals surface area contributed by atoms with E-state index in [1.54, 1.807) is 17.3 Å². The lowest BCUT2D eigenvalue weighted by Gasteiger charge is -2.31. The number of rotatable bonds is 3. The number of nitrogens with zero attached hydrogens (tertiary/aromatic N) is 2. The molecule has 1 aromatic rings. The van der Waals surface area contributed by atoms with Crippen LogP contribution in [0.25, 0.3) is 0 Å². The summed E-state index contributed by atoms with van der Waals surface area (Å²) in [6.45, 7) is 3.19. The summed E-state index contributed by atoms with van der Waals surface area (Å²) in [5.41, 5.74) is 1.06. The summed E-state index contributed by atoms with van der Waals surface area (Å²) >= 11 is 0. The summed E-state index contributed by atoms with van der Waals surface area (Å²) < 4.78 is 0. The van der Waals surface area contributed by atoms with Crippen molar-refractivity contribution in [1.29, 1.82) is 0 Å². The number of aliphatic hydroxyl groups is 1. The molecule has 0 saturated carbocycles. The zero-order valence-corrected chi connectivity index (χ0v) is 11.2. The molecule has 5 nitrogen and oxygen atoms in total. The van der Waals surface area contributed by atoms with Gasteiger partial charge in [-0.25, -0.2) is 4.79 Å². The molecule has 0 bridgehead atoms. The summed E-state index contributed by atoms with van der Waals surface area (Å²) in [4.78, 5) is 17.9. The number of hydrogen-bond acceptors (Lipinski definition) is 3. The standard InChI is InChI=1S/C14H21N3O2/c1-2-13(11-5-7-15-8-6-11)16-14(19)17-9-3-4-12(18)10-17/h5-8,12-13,18H,2-4,9-10H2,1H3,(H,16,19). The van der Waals surface area contributed by atoms with Gasteiger partial charge in [0.05, 0.1) is 12.1 Å². The molecule has 2 amide bonds. The highest BCUT2D eigenvalue weighted by atomic mass is 16.3. The minimum atomic E-state index is -0.388. The van der Waals surface area contributed by atoms with Crippen molar-refractivity contribution in [3.05, 3.63) is 30.1 Å². The summed E-state index contributed by atoms with van der Waals surface area (Å²) in [5.74, 6) is 0. The second kappa shape index (κ2) is 6.52. The van der Waals surface area contributed by atoms with Gasteiger partial charge in [0.2, 0.25) is 0 Å². The molecule has 0 spiro atoms. The van der Waals surface area contributed by atoms with E-state index in [-0.39, 0.29) is 18.2 Å². The van der Waals surface area contributed by atoms with Crippen LogP contribution < -0.4 is 5.32 Å². The molecule has 104 valence electrons. The maximum Gasteiger partial charge on any atom is 0.317 e. The SMILES string of the molecule is CCC(NC(=O)N1CCCC(O)C1)c1ccncc1. The van der Waals surface area contributed by atoms with Gasteiger partial charge in [0.25, 0.3) is 0 Å². The lowest BCUT2D eigenvalue weighted by atomic mass is 10.1. The Labute approximate surface area is 113 Å². The van der Waals surface area contributed by atoms with Gasteiger partial charge in [0, 0.05) is 25.5 Å². The molecule has 0 aromatic carbocycles. The number of likely N-dealkylation sites (tertiary alicyclic amines) is 1. The summed E-state index contributed by atoms with van der Waals surface area (Å²) in [7, 11) is 0.